The average molecular weight is 451 g/mol. The molecule has 0 radical (unpaired) electrons. The number of furan rings is 1. The number of esters is 1. The van der Waals surface area contributed by atoms with E-state index in [0.29, 0.717) is 43.6 Å². The van der Waals surface area contributed by atoms with Gasteiger partial charge in [0, 0.05) is 17.7 Å². The second-order valence-corrected chi connectivity index (χ2v) is 7.75. The fourth-order valence-corrected chi connectivity index (χ4v) is 4.24. The Bertz CT molecular complexity index is 1430. The van der Waals surface area contributed by atoms with Crippen molar-refractivity contribution >= 4 is 45.4 Å². The standard InChI is InChI=1S/C22H17N3O6S/c1-3-30-22(27)19-12(2)18-20(26)23-17(24-21(18)32-19)10-8-15-7-9-16(31-15)13-5-4-6-14(11-13)25(28)29/h4-11H,3H2,1-2H3,(H,23,24,26)/b10-8+. The molecule has 32 heavy (non-hydrogen) atoms. The molecule has 0 aliphatic rings. The van der Waals surface area contributed by atoms with E-state index in [-0.39, 0.29) is 17.9 Å². The van der Waals surface area contributed by atoms with Crippen LogP contribution in [0.5, 0.6) is 0 Å². The van der Waals surface area contributed by atoms with Crippen molar-refractivity contribution < 1.29 is 18.9 Å². The van der Waals surface area contributed by atoms with Crippen molar-refractivity contribution in [2.75, 3.05) is 6.61 Å². The largest absolute Gasteiger partial charge is 0.462 e. The summed E-state index contributed by atoms with van der Waals surface area (Å²) in [6, 6.07) is 9.54. The molecular formula is C22H17N3O6S. The quantitative estimate of drug-likeness (QED) is 0.253. The van der Waals surface area contributed by atoms with Gasteiger partial charge in [-0.25, -0.2) is 9.78 Å². The zero-order valence-corrected chi connectivity index (χ0v) is 17.9. The summed E-state index contributed by atoms with van der Waals surface area (Å²) in [6.45, 7) is 3.65. The Kier molecular flexibility index (Phi) is 5.69. The molecule has 10 heteroatoms. The number of aryl methyl sites for hydroxylation is 1. The van der Waals surface area contributed by atoms with Crippen molar-refractivity contribution in [1.82, 2.24) is 9.97 Å². The van der Waals surface area contributed by atoms with Crippen LogP contribution >= 0.6 is 11.3 Å². The van der Waals surface area contributed by atoms with Gasteiger partial charge in [0.2, 0.25) is 0 Å². The van der Waals surface area contributed by atoms with Crippen molar-refractivity contribution in [3.8, 4) is 11.3 Å². The van der Waals surface area contributed by atoms with E-state index in [1.54, 1.807) is 50.3 Å². The molecule has 0 saturated carbocycles. The molecule has 3 heterocycles. The second kappa shape index (κ2) is 8.60. The zero-order chi connectivity index (χ0) is 22.8. The smallest absolute Gasteiger partial charge is 0.348 e. The van der Waals surface area contributed by atoms with Crippen LogP contribution in [0.25, 0.3) is 33.7 Å². The molecule has 0 fully saturated rings. The molecule has 1 aromatic carbocycles. The summed E-state index contributed by atoms with van der Waals surface area (Å²) in [5, 5.41) is 11.3. The molecule has 1 N–H and O–H groups in total. The van der Waals surface area contributed by atoms with E-state index >= 15 is 0 Å². The third kappa shape index (κ3) is 4.08. The minimum atomic E-state index is -0.478. The molecule has 4 rings (SSSR count). The number of ether oxygens (including phenoxy) is 1. The van der Waals surface area contributed by atoms with Gasteiger partial charge in [-0.05, 0) is 43.7 Å². The minimum Gasteiger partial charge on any atom is -0.462 e. The summed E-state index contributed by atoms with van der Waals surface area (Å²) in [6.07, 6.45) is 3.20. The predicted octanol–water partition coefficient (Wildman–Crippen LogP) is 4.81. The fraction of sp³-hybridized carbons (Fsp3) is 0.136. The summed E-state index contributed by atoms with van der Waals surface area (Å²) in [4.78, 5) is 43.1. The van der Waals surface area contributed by atoms with Gasteiger partial charge in [-0.1, -0.05) is 12.1 Å². The number of non-ortho nitro benzene ring substituents is 1. The Balaban J connectivity index is 1.62. The summed E-state index contributed by atoms with van der Waals surface area (Å²) in [7, 11) is 0. The zero-order valence-electron chi connectivity index (χ0n) is 17.1. The first-order valence-corrected chi connectivity index (χ1v) is 10.4. The number of benzene rings is 1. The number of carbonyl (C=O) groups is 1. The molecule has 0 atom stereocenters. The van der Waals surface area contributed by atoms with E-state index in [9.17, 15) is 19.7 Å². The normalized spacial score (nSPS) is 11.3. The molecule has 0 saturated heterocycles. The van der Waals surface area contributed by atoms with Crippen LogP contribution in [-0.2, 0) is 4.74 Å². The lowest BCUT2D eigenvalue weighted by Gasteiger charge is -1.98. The summed E-state index contributed by atoms with van der Waals surface area (Å²) < 4.78 is 10.8. The highest BCUT2D eigenvalue weighted by Crippen LogP contribution is 2.28. The van der Waals surface area contributed by atoms with Crippen LogP contribution in [0.15, 0.2) is 45.6 Å². The van der Waals surface area contributed by atoms with E-state index in [1.807, 2.05) is 0 Å². The van der Waals surface area contributed by atoms with Gasteiger partial charge in [0.25, 0.3) is 11.2 Å². The van der Waals surface area contributed by atoms with E-state index in [2.05, 4.69) is 9.97 Å². The number of carbonyl (C=O) groups excluding carboxylic acids is 1. The van der Waals surface area contributed by atoms with Crippen molar-refractivity contribution in [2.45, 2.75) is 13.8 Å². The highest BCUT2D eigenvalue weighted by Gasteiger charge is 2.20. The van der Waals surface area contributed by atoms with Crippen LogP contribution in [0, 0.1) is 17.0 Å². The highest BCUT2D eigenvalue weighted by molar-refractivity contribution is 7.20. The van der Waals surface area contributed by atoms with Gasteiger partial charge in [-0.15, -0.1) is 11.3 Å². The van der Waals surface area contributed by atoms with Gasteiger partial charge in [-0.2, -0.15) is 0 Å². The number of nitrogens with one attached hydrogen (secondary N) is 1. The van der Waals surface area contributed by atoms with Gasteiger partial charge in [0.15, 0.2) is 0 Å². The third-order valence-electron chi connectivity index (χ3n) is 4.65. The highest BCUT2D eigenvalue weighted by atomic mass is 32.1. The summed E-state index contributed by atoms with van der Waals surface area (Å²) >= 11 is 1.11. The number of nitrogens with zero attached hydrogens (tertiary/aromatic N) is 2. The maximum atomic E-state index is 12.5. The van der Waals surface area contributed by atoms with Crippen molar-refractivity contribution in [2.24, 2.45) is 0 Å². The molecule has 0 aliphatic heterocycles. The fourth-order valence-electron chi connectivity index (χ4n) is 3.16. The van der Waals surface area contributed by atoms with Gasteiger partial charge in [0.1, 0.15) is 27.1 Å². The molecule has 4 aromatic rings. The Labute approximate surface area is 185 Å². The number of rotatable bonds is 6. The Morgan fingerprint density at radius 2 is 2.12 bits per heavy atom. The van der Waals surface area contributed by atoms with Crippen LogP contribution in [-0.4, -0.2) is 27.5 Å². The first-order chi connectivity index (χ1) is 15.4. The number of nitro groups is 1. The maximum Gasteiger partial charge on any atom is 0.348 e. The lowest BCUT2D eigenvalue weighted by molar-refractivity contribution is -0.384. The number of fused-ring (bicyclic) bond motifs is 1. The molecule has 0 unspecified atom stereocenters. The SMILES string of the molecule is CCOC(=O)c1sc2nc(/C=C/c3ccc(-c4cccc([N+](=O)[O-])c4)o3)[nH]c(=O)c2c1C. The van der Waals surface area contributed by atoms with Crippen LogP contribution in [0.1, 0.15) is 33.7 Å². The number of hydrogen-bond donors (Lipinski definition) is 1. The van der Waals surface area contributed by atoms with Gasteiger partial charge in [-0.3, -0.25) is 14.9 Å². The van der Waals surface area contributed by atoms with Gasteiger partial charge in [0.05, 0.1) is 16.9 Å². The molecule has 0 amide bonds. The molecule has 0 aliphatic carbocycles. The summed E-state index contributed by atoms with van der Waals surface area (Å²) in [5.74, 6) is 0.767. The number of aromatic nitrogens is 2. The third-order valence-corrected chi connectivity index (χ3v) is 5.82. The van der Waals surface area contributed by atoms with Crippen LogP contribution in [0.4, 0.5) is 5.69 Å². The van der Waals surface area contributed by atoms with Gasteiger partial charge >= 0.3 is 5.97 Å². The molecule has 0 spiro atoms. The first kappa shape index (κ1) is 21.2. The molecular weight excluding hydrogens is 434 g/mol. The topological polar surface area (TPSA) is 128 Å². The van der Waals surface area contributed by atoms with E-state index in [4.69, 9.17) is 9.15 Å². The number of thiophene rings is 1. The lowest BCUT2D eigenvalue weighted by atomic mass is 10.1. The van der Waals surface area contributed by atoms with Gasteiger partial charge < -0.3 is 14.1 Å². The maximum absolute atomic E-state index is 12.5. The van der Waals surface area contributed by atoms with Crippen molar-refractivity contribution in [1.29, 1.82) is 0 Å². The minimum absolute atomic E-state index is 0.0282. The number of hydrogen-bond acceptors (Lipinski definition) is 8. The lowest BCUT2D eigenvalue weighted by Crippen LogP contribution is -2.10. The van der Waals surface area contributed by atoms with E-state index < -0.39 is 10.9 Å². The number of nitro benzene ring substituents is 1. The Morgan fingerprint density at radius 3 is 2.88 bits per heavy atom. The van der Waals surface area contributed by atoms with E-state index in [0.717, 1.165) is 11.3 Å². The molecule has 9 nitrogen and oxygen atoms in total. The van der Waals surface area contributed by atoms with Crippen LogP contribution in [0.3, 0.4) is 0 Å². The Hall–Kier alpha value is -4.05. The number of H-pyrrole nitrogens is 1. The summed E-state index contributed by atoms with van der Waals surface area (Å²) in [5.41, 5.74) is 0.739. The average Bonchev–Trinajstić information content (AvgIpc) is 3.37. The van der Waals surface area contributed by atoms with Crippen LogP contribution in [0.2, 0.25) is 0 Å². The molecule has 162 valence electrons. The monoisotopic (exact) mass is 451 g/mol. The first-order valence-electron chi connectivity index (χ1n) is 9.60. The molecule has 0 bridgehead atoms. The second-order valence-electron chi connectivity index (χ2n) is 6.75. The van der Waals surface area contributed by atoms with Crippen LogP contribution < -0.4 is 5.56 Å². The van der Waals surface area contributed by atoms with E-state index in [1.165, 1.54) is 12.1 Å². The van der Waals surface area contributed by atoms with Crippen molar-refractivity contribution in [3.05, 3.63) is 78.9 Å². The Morgan fingerprint density at radius 1 is 1.31 bits per heavy atom. The molecule has 3 aromatic heterocycles. The predicted molar refractivity (Wildman–Crippen MR) is 121 cm³/mol. The van der Waals surface area contributed by atoms with Crippen molar-refractivity contribution in [3.63, 3.8) is 0 Å². The number of aromatic amines is 1.